The van der Waals surface area contributed by atoms with Gasteiger partial charge in [-0.25, -0.2) is 0 Å². The second-order valence-electron chi connectivity index (χ2n) is 11.3. The Kier molecular flexibility index (Phi) is 4.69. The second-order valence-corrected chi connectivity index (χ2v) is 11.3. The second kappa shape index (κ2) is 8.76. The molecule has 10 rings (SSSR count). The summed E-state index contributed by atoms with van der Waals surface area (Å²) in [6.07, 6.45) is 0. The van der Waals surface area contributed by atoms with E-state index in [1.807, 2.05) is 36.4 Å². The number of benzene rings is 7. The fourth-order valence-corrected chi connectivity index (χ4v) is 6.82. The molecule has 0 unspecified atom stereocenters. The van der Waals surface area contributed by atoms with Crippen LogP contribution in [-0.4, -0.2) is 0 Å². The molecule has 4 heteroatoms. The summed E-state index contributed by atoms with van der Waals surface area (Å²) >= 11 is 0. The van der Waals surface area contributed by atoms with Crippen LogP contribution in [-0.2, 0) is 0 Å². The molecule has 7 aromatic carbocycles. The van der Waals surface area contributed by atoms with E-state index in [4.69, 9.17) is 13.3 Å². The van der Waals surface area contributed by atoms with Crippen LogP contribution in [0.2, 0.25) is 0 Å². The number of furan rings is 3. The molecule has 3 aromatic heterocycles. The van der Waals surface area contributed by atoms with E-state index in [0.29, 0.717) is 0 Å². The predicted molar refractivity (Wildman–Crippen MR) is 180 cm³/mol. The van der Waals surface area contributed by atoms with Gasteiger partial charge in [0.15, 0.2) is 5.58 Å². The fourth-order valence-electron chi connectivity index (χ4n) is 6.82. The lowest BCUT2D eigenvalue weighted by molar-refractivity contribution is 0.668. The number of anilines is 3. The summed E-state index contributed by atoms with van der Waals surface area (Å²) in [5.74, 6) is 0. The van der Waals surface area contributed by atoms with Gasteiger partial charge in [0.2, 0.25) is 0 Å². The molecule has 0 saturated heterocycles. The zero-order valence-corrected chi connectivity index (χ0v) is 23.5. The molecule has 0 N–H and O–H groups in total. The van der Waals surface area contributed by atoms with Crippen molar-refractivity contribution in [2.24, 2.45) is 0 Å². The van der Waals surface area contributed by atoms with Crippen molar-refractivity contribution in [1.29, 1.82) is 0 Å². The maximum atomic E-state index is 6.80. The van der Waals surface area contributed by atoms with Gasteiger partial charge in [-0.15, -0.1) is 0 Å². The minimum Gasteiger partial charge on any atom is -0.456 e. The number of hydrogen-bond donors (Lipinski definition) is 0. The monoisotopic (exact) mass is 565 g/mol. The summed E-state index contributed by atoms with van der Waals surface area (Å²) in [5.41, 5.74) is 8.01. The smallest absolute Gasteiger partial charge is 0.159 e. The van der Waals surface area contributed by atoms with E-state index in [1.165, 1.54) is 0 Å². The average molecular weight is 566 g/mol. The van der Waals surface area contributed by atoms with Crippen molar-refractivity contribution in [2.75, 3.05) is 4.90 Å². The van der Waals surface area contributed by atoms with Crippen molar-refractivity contribution in [2.45, 2.75) is 0 Å². The zero-order valence-electron chi connectivity index (χ0n) is 23.5. The van der Waals surface area contributed by atoms with Crippen LogP contribution in [0.15, 0.2) is 153 Å². The molecule has 206 valence electrons. The third kappa shape index (κ3) is 3.28. The molecule has 0 radical (unpaired) electrons. The van der Waals surface area contributed by atoms with E-state index < -0.39 is 0 Å². The number of hydrogen-bond acceptors (Lipinski definition) is 4. The Morgan fingerprint density at radius 2 is 0.864 bits per heavy atom. The molecule has 0 aliphatic carbocycles. The van der Waals surface area contributed by atoms with Crippen LogP contribution in [0.4, 0.5) is 17.1 Å². The zero-order chi connectivity index (χ0) is 28.8. The third-order valence-electron chi connectivity index (χ3n) is 8.85. The van der Waals surface area contributed by atoms with Crippen molar-refractivity contribution in [3.8, 4) is 0 Å². The molecule has 0 aliphatic heterocycles. The average Bonchev–Trinajstić information content (AvgIpc) is 3.76. The SMILES string of the molecule is c1ccc2c(c1)ccc1c3cccc(N(c4ccc5c(c4)oc4ccccc45)c4ccc5c(c4)oc4ccccc45)c3oc21. The first-order valence-corrected chi connectivity index (χ1v) is 14.8. The highest BCUT2D eigenvalue weighted by molar-refractivity contribution is 6.18. The molecule has 0 spiro atoms. The highest BCUT2D eigenvalue weighted by Gasteiger charge is 2.22. The van der Waals surface area contributed by atoms with Crippen molar-refractivity contribution in [3.63, 3.8) is 0 Å². The van der Waals surface area contributed by atoms with E-state index in [2.05, 4.69) is 108 Å². The maximum Gasteiger partial charge on any atom is 0.159 e. The van der Waals surface area contributed by atoms with Crippen molar-refractivity contribution < 1.29 is 13.3 Å². The minimum absolute atomic E-state index is 0.827. The quantitative estimate of drug-likeness (QED) is 0.214. The molecular formula is C40H23NO3. The molecule has 0 aliphatic rings. The Bertz CT molecular complexity index is 2630. The molecular weight excluding hydrogens is 542 g/mol. The molecule has 10 aromatic rings. The van der Waals surface area contributed by atoms with Gasteiger partial charge in [-0.05, 0) is 53.9 Å². The van der Waals surface area contributed by atoms with Gasteiger partial charge < -0.3 is 18.2 Å². The largest absolute Gasteiger partial charge is 0.456 e. The highest BCUT2D eigenvalue weighted by atomic mass is 16.3. The van der Waals surface area contributed by atoms with Gasteiger partial charge in [0, 0.05) is 49.8 Å². The van der Waals surface area contributed by atoms with Crippen LogP contribution in [0.25, 0.3) is 76.6 Å². The maximum absolute atomic E-state index is 6.80. The normalized spacial score (nSPS) is 12.1. The molecule has 44 heavy (non-hydrogen) atoms. The Balaban J connectivity index is 1.27. The summed E-state index contributed by atoms with van der Waals surface area (Å²) in [6, 6.07) is 48.3. The van der Waals surface area contributed by atoms with Crippen LogP contribution in [0.1, 0.15) is 0 Å². The molecule has 0 saturated carbocycles. The Morgan fingerprint density at radius 1 is 0.341 bits per heavy atom. The van der Waals surface area contributed by atoms with E-state index in [-0.39, 0.29) is 0 Å². The van der Waals surface area contributed by atoms with E-state index in [1.54, 1.807) is 0 Å². The summed E-state index contributed by atoms with van der Waals surface area (Å²) in [4.78, 5) is 2.24. The van der Waals surface area contributed by atoms with Crippen molar-refractivity contribution >= 4 is 93.7 Å². The first-order chi connectivity index (χ1) is 21.8. The fraction of sp³-hybridized carbons (Fsp3) is 0. The topological polar surface area (TPSA) is 42.7 Å². The lowest BCUT2D eigenvalue weighted by Gasteiger charge is -2.25. The summed E-state index contributed by atoms with van der Waals surface area (Å²) in [7, 11) is 0. The lowest BCUT2D eigenvalue weighted by Crippen LogP contribution is -2.10. The van der Waals surface area contributed by atoms with Gasteiger partial charge in [0.05, 0.1) is 17.1 Å². The number of fused-ring (bicyclic) bond motifs is 11. The minimum atomic E-state index is 0.827. The number of rotatable bonds is 3. The van der Waals surface area contributed by atoms with Crippen LogP contribution >= 0.6 is 0 Å². The van der Waals surface area contributed by atoms with E-state index >= 15 is 0 Å². The summed E-state index contributed by atoms with van der Waals surface area (Å²) in [5, 5.41) is 8.82. The molecule has 4 nitrogen and oxygen atoms in total. The molecule has 0 fully saturated rings. The standard InChI is InChI=1S/C40H23NO3/c1-2-9-27-24(8-1)16-19-33-32-12-7-13-34(40(32)44-39(27)33)41(25-17-20-30-28-10-3-5-14-35(28)42-37(30)22-25)26-18-21-31-29-11-4-6-15-36(29)43-38(31)23-26/h1-23H. The van der Waals surface area contributed by atoms with Gasteiger partial charge in [-0.1, -0.05) is 78.9 Å². The predicted octanol–water partition coefficient (Wildman–Crippen LogP) is 12.0. The van der Waals surface area contributed by atoms with E-state index in [9.17, 15) is 0 Å². The van der Waals surface area contributed by atoms with Crippen LogP contribution in [0, 0.1) is 0 Å². The Morgan fingerprint density at radius 3 is 1.55 bits per heavy atom. The summed E-state index contributed by atoms with van der Waals surface area (Å²) < 4.78 is 19.5. The first kappa shape index (κ1) is 23.6. The van der Waals surface area contributed by atoms with Crippen molar-refractivity contribution in [1.82, 2.24) is 0 Å². The van der Waals surface area contributed by atoms with E-state index in [0.717, 1.165) is 93.7 Å². The van der Waals surface area contributed by atoms with Crippen molar-refractivity contribution in [3.05, 3.63) is 140 Å². The number of para-hydroxylation sites is 3. The number of nitrogens with zero attached hydrogens (tertiary/aromatic N) is 1. The van der Waals surface area contributed by atoms with Gasteiger partial charge in [0.25, 0.3) is 0 Å². The Hall–Kier alpha value is -6.00. The molecule has 0 atom stereocenters. The third-order valence-corrected chi connectivity index (χ3v) is 8.85. The van der Waals surface area contributed by atoms with Crippen LogP contribution in [0.5, 0.6) is 0 Å². The molecule has 0 bridgehead atoms. The van der Waals surface area contributed by atoms with Gasteiger partial charge in [-0.3, -0.25) is 0 Å². The molecule has 3 heterocycles. The van der Waals surface area contributed by atoms with Gasteiger partial charge in [-0.2, -0.15) is 0 Å². The van der Waals surface area contributed by atoms with Crippen LogP contribution < -0.4 is 4.90 Å². The first-order valence-electron chi connectivity index (χ1n) is 14.8. The highest BCUT2D eigenvalue weighted by Crippen LogP contribution is 2.45. The van der Waals surface area contributed by atoms with Crippen LogP contribution in [0.3, 0.4) is 0 Å². The van der Waals surface area contributed by atoms with Gasteiger partial charge >= 0.3 is 0 Å². The Labute approximate surface area is 250 Å². The lowest BCUT2D eigenvalue weighted by atomic mass is 10.1. The van der Waals surface area contributed by atoms with Gasteiger partial charge in [0.1, 0.15) is 27.9 Å². The summed E-state index contributed by atoms with van der Waals surface area (Å²) in [6.45, 7) is 0. The molecule has 0 amide bonds.